The first-order valence-electron chi connectivity index (χ1n) is 5.59. The highest BCUT2D eigenvalue weighted by Gasteiger charge is 2.33. The van der Waals surface area contributed by atoms with E-state index >= 15 is 0 Å². The molecule has 0 saturated heterocycles. The Morgan fingerprint density at radius 1 is 1.35 bits per heavy atom. The Labute approximate surface area is 106 Å². The number of allylic oxidation sites excluding steroid dienone is 3. The zero-order valence-electron chi connectivity index (χ0n) is 9.66. The number of alkyl halides is 1. The first kappa shape index (κ1) is 12.3. The maximum Gasteiger partial charge on any atom is 0.123 e. The molecule has 0 bridgehead atoms. The van der Waals surface area contributed by atoms with E-state index in [-0.39, 0.29) is 11.7 Å². The van der Waals surface area contributed by atoms with Gasteiger partial charge in [-0.2, -0.15) is 0 Å². The molecule has 0 aromatic heterocycles. The Bertz CT molecular complexity index is 460. The Morgan fingerprint density at radius 2 is 2.00 bits per heavy atom. The molecule has 17 heavy (non-hydrogen) atoms. The number of hydrogen-bond donors (Lipinski definition) is 1. The summed E-state index contributed by atoms with van der Waals surface area (Å²) in [5.74, 6) is -0.196. The lowest BCUT2D eigenvalue weighted by Gasteiger charge is -2.33. The summed E-state index contributed by atoms with van der Waals surface area (Å²) in [5.41, 5.74) is 7.84. The number of hydrogen-bond acceptors (Lipinski definition) is 1. The first-order valence-corrected chi connectivity index (χ1v) is 5.97. The summed E-state index contributed by atoms with van der Waals surface area (Å²) in [6.07, 6.45) is 5.87. The third-order valence-electron chi connectivity index (χ3n) is 3.17. The fraction of sp³-hybridized carbons (Fsp3) is 0.286. The average molecular weight is 252 g/mol. The fourth-order valence-electron chi connectivity index (χ4n) is 2.17. The largest absolute Gasteiger partial charge is 0.330 e. The third-order valence-corrected chi connectivity index (χ3v) is 3.56. The fourth-order valence-corrected chi connectivity index (χ4v) is 2.45. The van der Waals surface area contributed by atoms with E-state index in [9.17, 15) is 4.39 Å². The van der Waals surface area contributed by atoms with Gasteiger partial charge in [-0.1, -0.05) is 30.4 Å². The molecule has 1 aromatic rings. The molecule has 0 radical (unpaired) electrons. The molecule has 3 heteroatoms. The van der Waals surface area contributed by atoms with Crippen LogP contribution >= 0.6 is 11.6 Å². The van der Waals surface area contributed by atoms with Gasteiger partial charge in [0.1, 0.15) is 5.82 Å². The standard InChI is InChI=1S/C14H15ClFN/c1-14(15)8-2-3-12(13(14)9-17)10-4-6-11(16)7-5-10/h2-8,13H,9,17H2,1H3. The second-order valence-corrected chi connectivity index (χ2v) is 5.24. The van der Waals surface area contributed by atoms with Gasteiger partial charge in [0.05, 0.1) is 4.87 Å². The summed E-state index contributed by atoms with van der Waals surface area (Å²) in [7, 11) is 0. The smallest absolute Gasteiger partial charge is 0.123 e. The summed E-state index contributed by atoms with van der Waals surface area (Å²) in [6.45, 7) is 2.41. The van der Waals surface area contributed by atoms with Crippen LogP contribution in [0.3, 0.4) is 0 Å². The van der Waals surface area contributed by atoms with E-state index in [1.54, 1.807) is 12.1 Å². The van der Waals surface area contributed by atoms with Gasteiger partial charge in [0.25, 0.3) is 0 Å². The molecular formula is C14H15ClFN. The molecule has 0 aliphatic heterocycles. The molecule has 2 rings (SSSR count). The molecule has 2 atom stereocenters. The van der Waals surface area contributed by atoms with Gasteiger partial charge in [0, 0.05) is 12.5 Å². The van der Waals surface area contributed by atoms with Crippen LogP contribution in [0.1, 0.15) is 12.5 Å². The van der Waals surface area contributed by atoms with Crippen LogP contribution in [0.5, 0.6) is 0 Å². The number of benzene rings is 1. The lowest BCUT2D eigenvalue weighted by atomic mass is 9.79. The normalized spacial score (nSPS) is 28.0. The van der Waals surface area contributed by atoms with Crippen molar-refractivity contribution in [1.82, 2.24) is 0 Å². The van der Waals surface area contributed by atoms with E-state index in [2.05, 4.69) is 0 Å². The zero-order chi connectivity index (χ0) is 12.5. The Morgan fingerprint density at radius 3 is 2.59 bits per heavy atom. The second kappa shape index (κ2) is 4.63. The van der Waals surface area contributed by atoms with Crippen molar-refractivity contribution in [3.8, 4) is 0 Å². The minimum atomic E-state index is -0.479. The summed E-state index contributed by atoms with van der Waals surface area (Å²) < 4.78 is 12.9. The van der Waals surface area contributed by atoms with Crippen LogP contribution in [-0.4, -0.2) is 11.4 Å². The zero-order valence-corrected chi connectivity index (χ0v) is 10.4. The highest BCUT2D eigenvalue weighted by molar-refractivity contribution is 6.26. The van der Waals surface area contributed by atoms with Gasteiger partial charge >= 0.3 is 0 Å². The van der Waals surface area contributed by atoms with Crippen LogP contribution < -0.4 is 5.73 Å². The molecule has 1 aromatic carbocycles. The molecule has 0 fully saturated rings. The van der Waals surface area contributed by atoms with Crippen LogP contribution in [0.2, 0.25) is 0 Å². The van der Waals surface area contributed by atoms with Crippen molar-refractivity contribution in [2.45, 2.75) is 11.8 Å². The van der Waals surface area contributed by atoms with Gasteiger partial charge < -0.3 is 5.73 Å². The van der Waals surface area contributed by atoms with E-state index in [1.165, 1.54) is 12.1 Å². The van der Waals surface area contributed by atoms with Gasteiger partial charge in [-0.25, -0.2) is 4.39 Å². The Kier molecular flexibility index (Phi) is 3.36. The number of nitrogens with two attached hydrogens (primary N) is 1. The highest BCUT2D eigenvalue weighted by Crippen LogP contribution is 2.39. The summed E-state index contributed by atoms with van der Waals surface area (Å²) in [5, 5.41) is 0. The van der Waals surface area contributed by atoms with Crippen molar-refractivity contribution >= 4 is 17.2 Å². The minimum Gasteiger partial charge on any atom is -0.330 e. The minimum absolute atomic E-state index is 0.0413. The molecule has 0 saturated carbocycles. The van der Waals surface area contributed by atoms with Crippen LogP contribution in [0.4, 0.5) is 4.39 Å². The lowest BCUT2D eigenvalue weighted by molar-refractivity contribution is 0.565. The molecule has 1 aliphatic rings. The topological polar surface area (TPSA) is 26.0 Å². The van der Waals surface area contributed by atoms with Crippen LogP contribution in [0.25, 0.3) is 5.57 Å². The van der Waals surface area contributed by atoms with Crippen molar-refractivity contribution in [3.63, 3.8) is 0 Å². The van der Waals surface area contributed by atoms with Gasteiger partial charge in [-0.05, 0) is 30.2 Å². The number of halogens is 2. The summed E-state index contributed by atoms with van der Waals surface area (Å²) in [4.78, 5) is -0.479. The van der Waals surface area contributed by atoms with E-state index in [0.717, 1.165) is 11.1 Å². The van der Waals surface area contributed by atoms with E-state index < -0.39 is 4.87 Å². The second-order valence-electron chi connectivity index (χ2n) is 4.43. The maximum absolute atomic E-state index is 12.9. The van der Waals surface area contributed by atoms with Crippen molar-refractivity contribution in [3.05, 3.63) is 53.9 Å². The number of rotatable bonds is 2. The van der Waals surface area contributed by atoms with E-state index in [1.807, 2.05) is 25.2 Å². The predicted octanol–water partition coefficient (Wildman–Crippen LogP) is 3.35. The van der Waals surface area contributed by atoms with Gasteiger partial charge in [0.2, 0.25) is 0 Å². The monoisotopic (exact) mass is 251 g/mol. The van der Waals surface area contributed by atoms with Crippen LogP contribution in [0, 0.1) is 11.7 Å². The quantitative estimate of drug-likeness (QED) is 0.802. The molecule has 0 spiro atoms. The molecule has 90 valence electrons. The van der Waals surface area contributed by atoms with Crippen molar-refractivity contribution in [2.75, 3.05) is 6.54 Å². The van der Waals surface area contributed by atoms with Gasteiger partial charge in [-0.3, -0.25) is 0 Å². The van der Waals surface area contributed by atoms with Crippen molar-refractivity contribution in [1.29, 1.82) is 0 Å². The summed E-state index contributed by atoms with van der Waals surface area (Å²) >= 11 is 6.43. The van der Waals surface area contributed by atoms with Crippen LogP contribution in [-0.2, 0) is 0 Å². The average Bonchev–Trinajstić information content (AvgIpc) is 2.28. The first-order chi connectivity index (χ1) is 8.04. The van der Waals surface area contributed by atoms with Crippen LogP contribution in [0.15, 0.2) is 42.5 Å². The Hall–Kier alpha value is -1.12. The molecule has 0 amide bonds. The maximum atomic E-state index is 12.9. The Balaban J connectivity index is 2.40. The third kappa shape index (κ3) is 2.43. The van der Waals surface area contributed by atoms with Gasteiger partial charge in [-0.15, -0.1) is 11.6 Å². The molecule has 1 nitrogen and oxygen atoms in total. The van der Waals surface area contributed by atoms with E-state index in [4.69, 9.17) is 17.3 Å². The van der Waals surface area contributed by atoms with Gasteiger partial charge in [0.15, 0.2) is 0 Å². The summed E-state index contributed by atoms with van der Waals surface area (Å²) in [6, 6.07) is 6.42. The molecule has 0 heterocycles. The van der Waals surface area contributed by atoms with E-state index in [0.29, 0.717) is 6.54 Å². The molecule has 2 unspecified atom stereocenters. The lowest BCUT2D eigenvalue weighted by Crippen LogP contribution is -2.35. The SMILES string of the molecule is CC1(Cl)C=CC=C(c2ccc(F)cc2)C1CN. The highest BCUT2D eigenvalue weighted by atomic mass is 35.5. The van der Waals surface area contributed by atoms with Crippen molar-refractivity contribution in [2.24, 2.45) is 11.7 Å². The molecule has 2 N–H and O–H groups in total. The van der Waals surface area contributed by atoms with Crippen molar-refractivity contribution < 1.29 is 4.39 Å². The molecule has 1 aliphatic carbocycles. The predicted molar refractivity (Wildman–Crippen MR) is 70.3 cm³/mol. The molecular weight excluding hydrogens is 237 g/mol.